The molecule has 318 valence electrons. The highest BCUT2D eigenvalue weighted by Gasteiger charge is 2.24. The minimum absolute atomic E-state index is 0.00956. The lowest BCUT2D eigenvalue weighted by atomic mass is 10.0. The fourth-order valence-corrected chi connectivity index (χ4v) is 7.00. The highest BCUT2D eigenvalue weighted by molar-refractivity contribution is 7.45. The molecule has 0 aliphatic heterocycles. The van der Waals surface area contributed by atoms with E-state index >= 15 is 0 Å². The summed E-state index contributed by atoms with van der Waals surface area (Å²) in [5.74, 6) is -0.176. The molecule has 0 spiro atoms. The van der Waals surface area contributed by atoms with Crippen molar-refractivity contribution in [2.75, 3.05) is 40.9 Å². The van der Waals surface area contributed by atoms with Crippen LogP contribution in [0.2, 0.25) is 0 Å². The Balaban J connectivity index is 4.23. The Kier molecular flexibility index (Phi) is 36.4. The number of hydrogen-bond donors (Lipinski definition) is 2. The van der Waals surface area contributed by atoms with Crippen molar-refractivity contribution in [3.05, 3.63) is 36.5 Å². The highest BCUT2D eigenvalue weighted by atomic mass is 31.2. The Morgan fingerprint density at radius 3 is 1.56 bits per heavy atom. The van der Waals surface area contributed by atoms with E-state index in [1.807, 2.05) is 21.1 Å². The number of carbonyl (C=O) groups is 1. The van der Waals surface area contributed by atoms with Gasteiger partial charge in [0, 0.05) is 6.42 Å². The number of phosphoric ester groups is 1. The number of quaternary nitrogens is 1. The first-order valence-corrected chi connectivity index (χ1v) is 23.8. The molecule has 0 bridgehead atoms. The van der Waals surface area contributed by atoms with Crippen LogP contribution in [0, 0.1) is 0 Å². The standard InChI is InChI=1S/C45H87N2O6P/c1-6-8-10-12-14-16-17-18-19-20-21-22-23-24-25-26-27-28-29-31-33-35-37-39-45(49)46-43(42-53-54(50,51)52-41-40-47(3,4)5)44(48)38-36-34-32-30-15-13-11-9-7-2/h17-18,20-21,23-24,43-44,48H,6-16,19,22,25-42H2,1-5H3,(H-,46,49,50,51)/b18-17-,21-20-,24-23-. The van der Waals surface area contributed by atoms with Crippen LogP contribution in [0.15, 0.2) is 36.5 Å². The van der Waals surface area contributed by atoms with Crippen molar-refractivity contribution in [3.8, 4) is 0 Å². The molecule has 0 aromatic carbocycles. The van der Waals surface area contributed by atoms with Crippen LogP contribution in [0.3, 0.4) is 0 Å². The number of rotatable bonds is 40. The monoisotopic (exact) mass is 783 g/mol. The zero-order chi connectivity index (χ0) is 40.0. The zero-order valence-electron chi connectivity index (χ0n) is 35.9. The van der Waals surface area contributed by atoms with Gasteiger partial charge >= 0.3 is 0 Å². The lowest BCUT2D eigenvalue weighted by Gasteiger charge is -2.30. The van der Waals surface area contributed by atoms with Crippen LogP contribution in [-0.4, -0.2) is 68.5 Å². The molecule has 0 heterocycles. The number of unbranched alkanes of at least 4 members (excludes halogenated alkanes) is 21. The van der Waals surface area contributed by atoms with Crippen LogP contribution in [0.5, 0.6) is 0 Å². The first-order chi connectivity index (χ1) is 26.0. The third kappa shape index (κ3) is 39.0. The molecule has 0 aliphatic rings. The summed E-state index contributed by atoms with van der Waals surface area (Å²) in [5, 5.41) is 13.8. The van der Waals surface area contributed by atoms with Crippen molar-refractivity contribution < 1.29 is 32.9 Å². The molecule has 0 rings (SSSR count). The summed E-state index contributed by atoms with van der Waals surface area (Å²) in [4.78, 5) is 25.2. The normalized spacial score (nSPS) is 14.7. The lowest BCUT2D eigenvalue weighted by molar-refractivity contribution is -0.870. The maximum absolute atomic E-state index is 12.8. The fourth-order valence-electron chi connectivity index (χ4n) is 6.28. The van der Waals surface area contributed by atoms with Crippen LogP contribution in [0.25, 0.3) is 0 Å². The predicted octanol–water partition coefficient (Wildman–Crippen LogP) is 11.7. The summed E-state index contributed by atoms with van der Waals surface area (Å²) < 4.78 is 23.2. The molecule has 0 fully saturated rings. The molecule has 3 unspecified atom stereocenters. The second-order valence-electron chi connectivity index (χ2n) is 16.4. The van der Waals surface area contributed by atoms with Crippen molar-refractivity contribution in [1.29, 1.82) is 0 Å². The topological polar surface area (TPSA) is 108 Å². The Labute approximate surface area is 334 Å². The number of hydrogen-bond acceptors (Lipinski definition) is 6. The average Bonchev–Trinajstić information content (AvgIpc) is 3.12. The smallest absolute Gasteiger partial charge is 0.268 e. The second-order valence-corrected chi connectivity index (χ2v) is 17.8. The largest absolute Gasteiger partial charge is 0.756 e. The van der Waals surface area contributed by atoms with Gasteiger partial charge in [-0.1, -0.05) is 172 Å². The van der Waals surface area contributed by atoms with Crippen molar-refractivity contribution in [2.24, 2.45) is 0 Å². The van der Waals surface area contributed by atoms with Gasteiger partial charge in [-0.05, 0) is 51.4 Å². The molecule has 3 atom stereocenters. The summed E-state index contributed by atoms with van der Waals surface area (Å²) in [7, 11) is 1.29. The van der Waals surface area contributed by atoms with Gasteiger partial charge in [0.15, 0.2) is 0 Å². The minimum Gasteiger partial charge on any atom is -0.756 e. The van der Waals surface area contributed by atoms with Crippen LogP contribution >= 0.6 is 7.82 Å². The average molecular weight is 783 g/mol. The molecule has 0 aromatic rings. The highest BCUT2D eigenvalue weighted by Crippen LogP contribution is 2.38. The van der Waals surface area contributed by atoms with Gasteiger partial charge in [0.2, 0.25) is 5.91 Å². The molecule has 54 heavy (non-hydrogen) atoms. The molecule has 9 heteroatoms. The minimum atomic E-state index is -4.56. The molecule has 0 aliphatic carbocycles. The van der Waals surface area contributed by atoms with Crippen LogP contribution in [0.1, 0.15) is 194 Å². The van der Waals surface area contributed by atoms with Gasteiger partial charge in [-0.2, -0.15) is 0 Å². The van der Waals surface area contributed by atoms with Gasteiger partial charge in [0.25, 0.3) is 7.82 Å². The quantitative estimate of drug-likeness (QED) is 0.0277. The third-order valence-electron chi connectivity index (χ3n) is 9.88. The molecule has 2 N–H and O–H groups in total. The molecular formula is C45H87N2O6P. The summed E-state index contributed by atoms with van der Waals surface area (Å²) in [6.07, 6.45) is 44.4. The van der Waals surface area contributed by atoms with Crippen molar-refractivity contribution in [3.63, 3.8) is 0 Å². The maximum Gasteiger partial charge on any atom is 0.268 e. The molecule has 8 nitrogen and oxygen atoms in total. The van der Waals surface area contributed by atoms with E-state index < -0.39 is 20.0 Å². The summed E-state index contributed by atoms with van der Waals surface area (Å²) in [6, 6.07) is -0.802. The van der Waals surface area contributed by atoms with Crippen LogP contribution in [-0.2, 0) is 18.4 Å². The number of carbonyl (C=O) groups excluding carboxylic acids is 1. The van der Waals surface area contributed by atoms with Gasteiger partial charge in [-0.15, -0.1) is 0 Å². The number of aliphatic hydroxyl groups excluding tert-OH is 1. The van der Waals surface area contributed by atoms with E-state index in [2.05, 4.69) is 55.6 Å². The van der Waals surface area contributed by atoms with Gasteiger partial charge < -0.3 is 28.8 Å². The van der Waals surface area contributed by atoms with Crippen LogP contribution in [0.4, 0.5) is 0 Å². The Morgan fingerprint density at radius 2 is 1.07 bits per heavy atom. The number of likely N-dealkylation sites (N-methyl/N-ethyl adjacent to an activating group) is 1. The molecule has 0 aromatic heterocycles. The number of nitrogens with one attached hydrogen (secondary N) is 1. The number of aliphatic hydroxyl groups is 1. The Hall–Kier alpha value is -1.28. The van der Waals surface area contributed by atoms with Crippen LogP contribution < -0.4 is 10.2 Å². The number of phosphoric acid groups is 1. The summed E-state index contributed by atoms with van der Waals surface area (Å²) in [6.45, 7) is 4.67. The van der Waals surface area contributed by atoms with Crippen molar-refractivity contribution >= 4 is 13.7 Å². The SMILES string of the molecule is CCCCCCC/C=C\C/C=C\C/C=C\CCCCCCCCCCC(=O)NC(COP(=O)([O-])OCC[N+](C)(C)C)C(O)CCCCCCCCCCC. The lowest BCUT2D eigenvalue weighted by Crippen LogP contribution is -2.46. The Bertz CT molecular complexity index is 980. The van der Waals surface area contributed by atoms with E-state index in [0.29, 0.717) is 23.9 Å². The molecule has 0 saturated heterocycles. The summed E-state index contributed by atoms with van der Waals surface area (Å²) >= 11 is 0. The van der Waals surface area contributed by atoms with Crippen molar-refractivity contribution in [2.45, 2.75) is 206 Å². The van der Waals surface area contributed by atoms with Gasteiger partial charge in [-0.25, -0.2) is 0 Å². The molecule has 0 saturated carbocycles. The van der Waals surface area contributed by atoms with E-state index in [9.17, 15) is 19.4 Å². The maximum atomic E-state index is 12.8. The molecule has 1 amide bonds. The first kappa shape index (κ1) is 52.7. The number of allylic oxidation sites excluding steroid dienone is 6. The molecular weight excluding hydrogens is 695 g/mol. The van der Waals surface area contributed by atoms with E-state index in [1.54, 1.807) is 0 Å². The fraction of sp³-hybridized carbons (Fsp3) is 0.844. The Morgan fingerprint density at radius 1 is 0.648 bits per heavy atom. The van der Waals surface area contributed by atoms with E-state index in [4.69, 9.17) is 9.05 Å². The number of nitrogens with zero attached hydrogens (tertiary/aromatic N) is 1. The van der Waals surface area contributed by atoms with Crippen molar-refractivity contribution in [1.82, 2.24) is 5.32 Å². The second kappa shape index (κ2) is 37.3. The van der Waals surface area contributed by atoms with E-state index in [-0.39, 0.29) is 19.1 Å². The van der Waals surface area contributed by atoms with Gasteiger partial charge in [0.1, 0.15) is 13.2 Å². The van der Waals surface area contributed by atoms with Gasteiger partial charge in [-0.3, -0.25) is 9.36 Å². The zero-order valence-corrected chi connectivity index (χ0v) is 36.8. The summed E-state index contributed by atoms with van der Waals surface area (Å²) in [5.41, 5.74) is 0. The first-order valence-electron chi connectivity index (χ1n) is 22.3. The van der Waals surface area contributed by atoms with E-state index in [1.165, 1.54) is 109 Å². The third-order valence-corrected chi connectivity index (χ3v) is 10.8. The molecule has 0 radical (unpaired) electrons. The van der Waals surface area contributed by atoms with E-state index in [0.717, 1.165) is 57.8 Å². The van der Waals surface area contributed by atoms with Gasteiger partial charge in [0.05, 0.1) is 39.9 Å². The predicted molar refractivity (Wildman–Crippen MR) is 228 cm³/mol. The number of amides is 1.